The molecule has 0 saturated carbocycles. The maximum atomic E-state index is 13.5. The Hall–Kier alpha value is -2.21. The third-order valence-corrected chi connectivity index (χ3v) is 3.17. The lowest BCUT2D eigenvalue weighted by molar-refractivity contribution is 0.0692. The lowest BCUT2D eigenvalue weighted by Gasteiger charge is -2.06. The number of carboxylic acids is 1. The molecule has 1 heterocycles. The molecule has 2 aromatic rings. The van der Waals surface area contributed by atoms with Crippen molar-refractivity contribution in [2.75, 3.05) is 6.54 Å². The first kappa shape index (κ1) is 15.2. The molecule has 0 fully saturated rings. The molecular weight excluding hydrogens is 273 g/mol. The number of aromatic nitrogens is 2. The number of nitrogens with one attached hydrogen (secondary N) is 1. The highest BCUT2D eigenvalue weighted by Crippen LogP contribution is 2.10. The Balaban J connectivity index is 1.66. The maximum Gasteiger partial charge on any atom is 0.338 e. The largest absolute Gasteiger partial charge is 0.478 e. The fourth-order valence-electron chi connectivity index (χ4n) is 2.04. The van der Waals surface area contributed by atoms with Gasteiger partial charge in [0.1, 0.15) is 5.82 Å². The molecule has 0 bridgehead atoms. The van der Waals surface area contributed by atoms with E-state index in [1.807, 2.05) is 10.8 Å². The van der Waals surface area contributed by atoms with E-state index in [9.17, 15) is 9.18 Å². The lowest BCUT2D eigenvalue weighted by Crippen LogP contribution is -2.15. The van der Waals surface area contributed by atoms with Gasteiger partial charge >= 0.3 is 5.97 Å². The van der Waals surface area contributed by atoms with Gasteiger partial charge in [0.05, 0.1) is 11.9 Å². The van der Waals surface area contributed by atoms with E-state index < -0.39 is 11.8 Å². The molecule has 0 aliphatic carbocycles. The van der Waals surface area contributed by atoms with Crippen LogP contribution in [0.3, 0.4) is 0 Å². The van der Waals surface area contributed by atoms with Crippen LogP contribution in [0.1, 0.15) is 28.8 Å². The van der Waals surface area contributed by atoms with Crippen LogP contribution in [0.25, 0.3) is 0 Å². The summed E-state index contributed by atoms with van der Waals surface area (Å²) in [6.07, 6.45) is 7.53. The van der Waals surface area contributed by atoms with Crippen LogP contribution < -0.4 is 5.32 Å². The van der Waals surface area contributed by atoms with Gasteiger partial charge in [-0.1, -0.05) is 6.07 Å². The van der Waals surface area contributed by atoms with E-state index in [2.05, 4.69) is 10.3 Å². The maximum absolute atomic E-state index is 13.5. The van der Waals surface area contributed by atoms with Gasteiger partial charge in [-0.05, 0) is 37.1 Å². The molecule has 0 unspecified atom stereocenters. The van der Waals surface area contributed by atoms with Crippen molar-refractivity contribution in [3.05, 3.63) is 53.9 Å². The van der Waals surface area contributed by atoms with Crippen LogP contribution in [0, 0.1) is 5.82 Å². The van der Waals surface area contributed by atoms with Gasteiger partial charge in [0, 0.05) is 25.5 Å². The minimum absolute atomic E-state index is 0.293. The van der Waals surface area contributed by atoms with Crippen molar-refractivity contribution >= 4 is 5.97 Å². The Bertz CT molecular complexity index is 585. The summed E-state index contributed by atoms with van der Waals surface area (Å²) in [5.41, 5.74) is 0.450. The fourth-order valence-corrected chi connectivity index (χ4v) is 2.04. The first-order chi connectivity index (χ1) is 10.2. The first-order valence-electron chi connectivity index (χ1n) is 6.85. The molecule has 0 aliphatic rings. The van der Waals surface area contributed by atoms with Gasteiger partial charge < -0.3 is 15.0 Å². The number of carbonyl (C=O) groups is 1. The van der Waals surface area contributed by atoms with Gasteiger partial charge in [0.15, 0.2) is 0 Å². The zero-order chi connectivity index (χ0) is 15.1. The number of aromatic carboxylic acids is 1. The monoisotopic (exact) mass is 291 g/mol. The first-order valence-corrected chi connectivity index (χ1v) is 6.85. The number of rotatable bonds is 8. The molecule has 112 valence electrons. The van der Waals surface area contributed by atoms with Crippen molar-refractivity contribution in [2.24, 2.45) is 0 Å². The number of nitrogens with zero attached hydrogens (tertiary/aromatic N) is 2. The third kappa shape index (κ3) is 4.68. The Morgan fingerprint density at radius 2 is 2.24 bits per heavy atom. The van der Waals surface area contributed by atoms with E-state index in [0.717, 1.165) is 31.5 Å². The highest BCUT2D eigenvalue weighted by atomic mass is 19.1. The van der Waals surface area contributed by atoms with Crippen LogP contribution >= 0.6 is 0 Å². The van der Waals surface area contributed by atoms with Gasteiger partial charge in [-0.2, -0.15) is 0 Å². The van der Waals surface area contributed by atoms with Gasteiger partial charge in [0.2, 0.25) is 0 Å². The van der Waals surface area contributed by atoms with Gasteiger partial charge in [0.25, 0.3) is 0 Å². The molecule has 1 aromatic heterocycles. The number of halogens is 1. The summed E-state index contributed by atoms with van der Waals surface area (Å²) >= 11 is 0. The number of aryl methyl sites for hydroxylation is 1. The van der Waals surface area contributed by atoms with Crippen molar-refractivity contribution in [3.8, 4) is 0 Å². The summed E-state index contributed by atoms with van der Waals surface area (Å²) in [6, 6.07) is 4.20. The minimum Gasteiger partial charge on any atom is -0.478 e. The van der Waals surface area contributed by atoms with Crippen molar-refractivity contribution in [1.29, 1.82) is 0 Å². The SMILES string of the molecule is O=C(O)c1ccc(CNCCCCn2ccnc2)cc1F. The van der Waals surface area contributed by atoms with Crippen molar-refractivity contribution < 1.29 is 14.3 Å². The molecule has 21 heavy (non-hydrogen) atoms. The average Bonchev–Trinajstić information content (AvgIpc) is 2.95. The molecule has 0 saturated heterocycles. The summed E-state index contributed by atoms with van der Waals surface area (Å²) in [5, 5.41) is 12.0. The highest BCUT2D eigenvalue weighted by Gasteiger charge is 2.09. The van der Waals surface area contributed by atoms with Crippen LogP contribution in [0.5, 0.6) is 0 Å². The summed E-state index contributed by atoms with van der Waals surface area (Å²) in [7, 11) is 0. The predicted molar refractivity (Wildman–Crippen MR) is 76.5 cm³/mol. The second-order valence-corrected chi connectivity index (χ2v) is 4.80. The molecule has 0 atom stereocenters. The smallest absolute Gasteiger partial charge is 0.338 e. The molecule has 5 nitrogen and oxygen atoms in total. The summed E-state index contributed by atoms with van der Waals surface area (Å²) in [6.45, 7) is 2.29. The van der Waals surface area contributed by atoms with Crippen LogP contribution in [0.2, 0.25) is 0 Å². The van der Waals surface area contributed by atoms with Gasteiger partial charge in [-0.25, -0.2) is 14.2 Å². The Labute approximate surface area is 122 Å². The molecule has 0 amide bonds. The molecule has 6 heteroatoms. The molecule has 2 rings (SSSR count). The zero-order valence-electron chi connectivity index (χ0n) is 11.6. The Morgan fingerprint density at radius 1 is 1.38 bits per heavy atom. The van der Waals surface area contributed by atoms with Crippen molar-refractivity contribution in [3.63, 3.8) is 0 Å². The quantitative estimate of drug-likeness (QED) is 0.732. The van der Waals surface area contributed by atoms with Crippen molar-refractivity contribution in [2.45, 2.75) is 25.9 Å². The topological polar surface area (TPSA) is 67.2 Å². The lowest BCUT2D eigenvalue weighted by atomic mass is 10.1. The normalized spacial score (nSPS) is 10.7. The number of hydrogen-bond acceptors (Lipinski definition) is 3. The number of carboxylic acid groups (broad SMARTS) is 1. The number of hydrogen-bond donors (Lipinski definition) is 2. The van der Waals surface area contributed by atoms with Crippen LogP contribution in [-0.2, 0) is 13.1 Å². The summed E-state index contributed by atoms with van der Waals surface area (Å²) in [5.74, 6) is -1.94. The van der Waals surface area contributed by atoms with Gasteiger partial charge in [-0.15, -0.1) is 0 Å². The molecular formula is C15H18FN3O2. The second kappa shape index (κ2) is 7.54. The van der Waals surface area contributed by atoms with E-state index in [0.29, 0.717) is 6.54 Å². The molecule has 2 N–H and O–H groups in total. The molecule has 1 aromatic carbocycles. The molecule has 0 radical (unpaired) electrons. The number of imidazole rings is 1. The van der Waals surface area contributed by atoms with Crippen LogP contribution in [-0.4, -0.2) is 27.2 Å². The van der Waals surface area contributed by atoms with E-state index in [-0.39, 0.29) is 5.56 Å². The fraction of sp³-hybridized carbons (Fsp3) is 0.333. The minimum atomic E-state index is -1.24. The number of unbranched alkanes of at least 4 members (excludes halogenated alkanes) is 1. The third-order valence-electron chi connectivity index (χ3n) is 3.17. The molecule has 0 spiro atoms. The van der Waals surface area contributed by atoms with Gasteiger partial charge in [-0.3, -0.25) is 0 Å². The summed E-state index contributed by atoms with van der Waals surface area (Å²) in [4.78, 5) is 14.7. The molecule has 0 aliphatic heterocycles. The van der Waals surface area contributed by atoms with Crippen LogP contribution in [0.15, 0.2) is 36.9 Å². The Kier molecular flexibility index (Phi) is 5.45. The number of benzene rings is 1. The van der Waals surface area contributed by atoms with E-state index >= 15 is 0 Å². The summed E-state index contributed by atoms with van der Waals surface area (Å²) < 4.78 is 15.5. The zero-order valence-corrected chi connectivity index (χ0v) is 11.6. The Morgan fingerprint density at radius 3 is 2.90 bits per heavy atom. The second-order valence-electron chi connectivity index (χ2n) is 4.80. The average molecular weight is 291 g/mol. The standard InChI is InChI=1S/C15H18FN3O2/c16-14-9-12(3-4-13(14)15(20)21)10-17-5-1-2-7-19-8-6-18-11-19/h3-4,6,8-9,11,17H,1-2,5,7,10H2,(H,20,21). The highest BCUT2D eigenvalue weighted by molar-refractivity contribution is 5.87. The van der Waals surface area contributed by atoms with E-state index in [1.54, 1.807) is 18.6 Å². The van der Waals surface area contributed by atoms with Crippen LogP contribution in [0.4, 0.5) is 4.39 Å². The van der Waals surface area contributed by atoms with Crippen molar-refractivity contribution in [1.82, 2.24) is 14.9 Å². The van der Waals surface area contributed by atoms with E-state index in [4.69, 9.17) is 5.11 Å². The predicted octanol–water partition coefficient (Wildman–Crippen LogP) is 2.29. The van der Waals surface area contributed by atoms with E-state index in [1.165, 1.54) is 12.1 Å².